The van der Waals surface area contributed by atoms with Crippen LogP contribution >= 0.6 is 0 Å². The standard InChI is InChI=1S/C11H18N2O4/c1-3-4-8(11(15)16)13-10(14)7-5-17-6-9(7)12-2/h3,7-9,12H,1,4-6H2,2H3,(H,13,14)(H,15,16). The van der Waals surface area contributed by atoms with Gasteiger partial charge in [-0.05, 0) is 13.5 Å². The monoisotopic (exact) mass is 242 g/mol. The first-order chi connectivity index (χ1) is 8.10. The third-order valence-electron chi connectivity index (χ3n) is 2.81. The van der Waals surface area contributed by atoms with Crippen LogP contribution in [0.1, 0.15) is 6.42 Å². The highest BCUT2D eigenvalue weighted by Crippen LogP contribution is 2.14. The summed E-state index contributed by atoms with van der Waals surface area (Å²) in [6, 6.07) is -0.980. The summed E-state index contributed by atoms with van der Waals surface area (Å²) in [6.45, 7) is 4.25. The molecule has 3 N–H and O–H groups in total. The second-order valence-electron chi connectivity index (χ2n) is 3.96. The molecular weight excluding hydrogens is 224 g/mol. The summed E-state index contributed by atoms with van der Waals surface area (Å²) in [4.78, 5) is 22.8. The van der Waals surface area contributed by atoms with Gasteiger partial charge in [-0.15, -0.1) is 6.58 Å². The molecule has 0 radical (unpaired) electrons. The van der Waals surface area contributed by atoms with Gasteiger partial charge in [0, 0.05) is 6.04 Å². The average Bonchev–Trinajstić information content (AvgIpc) is 2.76. The lowest BCUT2D eigenvalue weighted by atomic mass is 10.0. The lowest BCUT2D eigenvalue weighted by Gasteiger charge is -2.19. The van der Waals surface area contributed by atoms with Gasteiger partial charge in [-0.2, -0.15) is 0 Å². The van der Waals surface area contributed by atoms with Crippen molar-refractivity contribution in [2.24, 2.45) is 5.92 Å². The first-order valence-corrected chi connectivity index (χ1v) is 5.49. The van der Waals surface area contributed by atoms with Crippen molar-refractivity contribution < 1.29 is 19.4 Å². The molecule has 1 heterocycles. The van der Waals surface area contributed by atoms with Crippen molar-refractivity contribution in [2.75, 3.05) is 20.3 Å². The highest BCUT2D eigenvalue weighted by Gasteiger charge is 2.34. The topological polar surface area (TPSA) is 87.7 Å². The molecule has 1 rings (SSSR count). The molecule has 1 aliphatic heterocycles. The van der Waals surface area contributed by atoms with E-state index in [1.165, 1.54) is 6.08 Å². The molecule has 0 aromatic carbocycles. The van der Waals surface area contributed by atoms with Crippen LogP contribution in [0, 0.1) is 5.92 Å². The first-order valence-electron chi connectivity index (χ1n) is 5.49. The molecule has 6 nitrogen and oxygen atoms in total. The van der Waals surface area contributed by atoms with Crippen molar-refractivity contribution in [1.82, 2.24) is 10.6 Å². The molecule has 17 heavy (non-hydrogen) atoms. The SMILES string of the molecule is C=CCC(NC(=O)C1COCC1NC)C(=O)O. The molecule has 0 bridgehead atoms. The van der Waals surface area contributed by atoms with Crippen LogP contribution in [0.2, 0.25) is 0 Å². The van der Waals surface area contributed by atoms with E-state index in [1.807, 2.05) is 0 Å². The van der Waals surface area contributed by atoms with Crippen LogP contribution in [0.15, 0.2) is 12.7 Å². The fourth-order valence-electron chi connectivity index (χ4n) is 1.76. The van der Waals surface area contributed by atoms with Gasteiger partial charge in [0.15, 0.2) is 0 Å². The number of nitrogens with one attached hydrogen (secondary N) is 2. The number of carbonyl (C=O) groups is 2. The van der Waals surface area contributed by atoms with E-state index in [0.717, 1.165) is 0 Å². The fraction of sp³-hybridized carbons (Fsp3) is 0.636. The Morgan fingerprint density at radius 3 is 2.82 bits per heavy atom. The van der Waals surface area contributed by atoms with Gasteiger partial charge in [0.1, 0.15) is 6.04 Å². The summed E-state index contributed by atoms with van der Waals surface area (Å²) >= 11 is 0. The molecule has 0 aromatic heterocycles. The zero-order valence-electron chi connectivity index (χ0n) is 9.81. The zero-order valence-corrected chi connectivity index (χ0v) is 9.81. The molecule has 6 heteroatoms. The lowest BCUT2D eigenvalue weighted by molar-refractivity contribution is -0.142. The Morgan fingerprint density at radius 1 is 1.59 bits per heavy atom. The number of hydrogen-bond donors (Lipinski definition) is 3. The quantitative estimate of drug-likeness (QED) is 0.540. The van der Waals surface area contributed by atoms with Crippen LogP contribution in [0.4, 0.5) is 0 Å². The second-order valence-corrected chi connectivity index (χ2v) is 3.96. The number of likely N-dealkylation sites (N-methyl/N-ethyl adjacent to an activating group) is 1. The number of rotatable bonds is 6. The van der Waals surface area contributed by atoms with Crippen LogP contribution in [-0.2, 0) is 14.3 Å². The Hall–Kier alpha value is -1.40. The maximum atomic E-state index is 11.9. The molecule has 1 amide bonds. The second kappa shape index (κ2) is 6.36. The van der Waals surface area contributed by atoms with Crippen LogP contribution in [-0.4, -0.2) is 49.3 Å². The smallest absolute Gasteiger partial charge is 0.326 e. The third kappa shape index (κ3) is 3.54. The number of carbonyl (C=O) groups excluding carboxylic acids is 1. The van der Waals surface area contributed by atoms with Crippen molar-refractivity contribution in [3.8, 4) is 0 Å². The molecule has 3 atom stereocenters. The van der Waals surface area contributed by atoms with E-state index in [-0.39, 0.29) is 24.3 Å². The normalized spacial score (nSPS) is 25.2. The third-order valence-corrected chi connectivity index (χ3v) is 2.81. The van der Waals surface area contributed by atoms with Crippen LogP contribution in [0.25, 0.3) is 0 Å². The van der Waals surface area contributed by atoms with E-state index in [4.69, 9.17) is 9.84 Å². The van der Waals surface area contributed by atoms with E-state index in [0.29, 0.717) is 13.2 Å². The number of ether oxygens (including phenoxy) is 1. The van der Waals surface area contributed by atoms with Gasteiger partial charge in [-0.1, -0.05) is 6.08 Å². The summed E-state index contributed by atoms with van der Waals surface area (Å²) in [5.41, 5.74) is 0. The molecule has 1 saturated heterocycles. The highest BCUT2D eigenvalue weighted by atomic mass is 16.5. The largest absolute Gasteiger partial charge is 0.480 e. The minimum atomic E-state index is -1.06. The number of carboxylic acid groups (broad SMARTS) is 1. The van der Waals surface area contributed by atoms with Crippen molar-refractivity contribution in [3.63, 3.8) is 0 Å². The molecule has 1 fully saturated rings. The number of amides is 1. The van der Waals surface area contributed by atoms with Gasteiger partial charge in [-0.25, -0.2) is 4.79 Å². The molecule has 1 aliphatic rings. The van der Waals surface area contributed by atoms with Crippen molar-refractivity contribution >= 4 is 11.9 Å². The van der Waals surface area contributed by atoms with E-state index in [2.05, 4.69) is 17.2 Å². The predicted molar refractivity (Wildman–Crippen MR) is 61.5 cm³/mol. The van der Waals surface area contributed by atoms with Crippen molar-refractivity contribution in [3.05, 3.63) is 12.7 Å². The van der Waals surface area contributed by atoms with Gasteiger partial charge in [0.25, 0.3) is 0 Å². The Balaban J connectivity index is 2.57. The van der Waals surface area contributed by atoms with Crippen LogP contribution in [0.3, 0.4) is 0 Å². The van der Waals surface area contributed by atoms with Gasteiger partial charge < -0.3 is 20.5 Å². The maximum absolute atomic E-state index is 11.9. The predicted octanol–water partition coefficient (Wildman–Crippen LogP) is -0.634. The highest BCUT2D eigenvalue weighted by molar-refractivity contribution is 5.85. The molecule has 0 saturated carbocycles. The Kier molecular flexibility index (Phi) is 5.11. The summed E-state index contributed by atoms with van der Waals surface area (Å²) in [5.74, 6) is -1.69. The van der Waals surface area contributed by atoms with Gasteiger partial charge in [-0.3, -0.25) is 4.79 Å². The summed E-state index contributed by atoms with van der Waals surface area (Å²) in [7, 11) is 1.75. The molecule has 3 unspecified atom stereocenters. The summed E-state index contributed by atoms with van der Waals surface area (Å²) < 4.78 is 5.19. The van der Waals surface area contributed by atoms with Crippen molar-refractivity contribution in [2.45, 2.75) is 18.5 Å². The zero-order chi connectivity index (χ0) is 12.8. The lowest BCUT2D eigenvalue weighted by Crippen LogP contribution is -2.48. The number of hydrogen-bond acceptors (Lipinski definition) is 4. The molecule has 0 aromatic rings. The Morgan fingerprint density at radius 2 is 2.29 bits per heavy atom. The Labute approximate surface area is 100 Å². The maximum Gasteiger partial charge on any atom is 0.326 e. The van der Waals surface area contributed by atoms with Gasteiger partial charge in [0.05, 0.1) is 19.1 Å². The number of carboxylic acids is 1. The summed E-state index contributed by atoms with van der Waals surface area (Å²) in [5, 5.41) is 14.4. The molecule has 96 valence electrons. The average molecular weight is 242 g/mol. The first kappa shape index (κ1) is 13.7. The Bertz CT molecular complexity index is 306. The molecule has 0 aliphatic carbocycles. The van der Waals surface area contributed by atoms with E-state index < -0.39 is 12.0 Å². The molecule has 0 spiro atoms. The fourth-order valence-corrected chi connectivity index (χ4v) is 1.76. The van der Waals surface area contributed by atoms with Crippen LogP contribution < -0.4 is 10.6 Å². The van der Waals surface area contributed by atoms with Gasteiger partial charge in [0.2, 0.25) is 5.91 Å². The minimum Gasteiger partial charge on any atom is -0.480 e. The van der Waals surface area contributed by atoms with E-state index in [9.17, 15) is 9.59 Å². The minimum absolute atomic E-state index is 0.0619. The molecular formula is C11H18N2O4. The van der Waals surface area contributed by atoms with Crippen molar-refractivity contribution in [1.29, 1.82) is 0 Å². The van der Waals surface area contributed by atoms with Gasteiger partial charge >= 0.3 is 5.97 Å². The van der Waals surface area contributed by atoms with E-state index in [1.54, 1.807) is 7.05 Å². The van der Waals surface area contributed by atoms with E-state index >= 15 is 0 Å². The summed E-state index contributed by atoms with van der Waals surface area (Å²) in [6.07, 6.45) is 1.68. The van der Waals surface area contributed by atoms with Crippen LogP contribution in [0.5, 0.6) is 0 Å². The number of aliphatic carboxylic acids is 1.